The lowest BCUT2D eigenvalue weighted by Gasteiger charge is -2.30. The van der Waals surface area contributed by atoms with Crippen LogP contribution in [0.2, 0.25) is 0 Å². The van der Waals surface area contributed by atoms with Gasteiger partial charge in [0.1, 0.15) is 0 Å². The van der Waals surface area contributed by atoms with Crippen LogP contribution >= 0.6 is 12.4 Å². The number of nitrogens with zero attached hydrogens (tertiary/aromatic N) is 3. The molecule has 2 fully saturated rings. The number of piperazine rings is 1. The summed E-state index contributed by atoms with van der Waals surface area (Å²) >= 11 is 0. The highest BCUT2D eigenvalue weighted by Crippen LogP contribution is 2.20. The minimum Gasteiger partial charge on any atom is -0.349 e. The van der Waals surface area contributed by atoms with Gasteiger partial charge in [0.2, 0.25) is 0 Å². The van der Waals surface area contributed by atoms with Crippen molar-refractivity contribution in [1.82, 2.24) is 25.7 Å². The molecule has 2 N–H and O–H groups in total. The Morgan fingerprint density at radius 1 is 1.30 bits per heavy atom. The van der Waals surface area contributed by atoms with Crippen LogP contribution in [-0.4, -0.2) is 53.7 Å². The standard InChI is InChI=1S/C19H23N5O2.ClH/c1-24-11-10-20-12-16(24)18-22-17(26-23-18)9-4-13-2-5-14(6-3-13)19(25)21-15-7-8-15;/h2-6,9,15-16,20H,7-8,10-12H2,1H3,(H,21,25);1H/b9-4+;. The number of likely N-dealkylation sites (N-methyl/N-ethyl adjacent to an activating group) is 1. The van der Waals surface area contributed by atoms with E-state index in [4.69, 9.17) is 4.52 Å². The van der Waals surface area contributed by atoms with Gasteiger partial charge >= 0.3 is 0 Å². The molecule has 1 saturated heterocycles. The van der Waals surface area contributed by atoms with Gasteiger partial charge in [-0.2, -0.15) is 4.98 Å². The van der Waals surface area contributed by atoms with E-state index < -0.39 is 0 Å². The lowest BCUT2D eigenvalue weighted by molar-refractivity contribution is 0.0951. The molecule has 2 aliphatic rings. The molecule has 1 aliphatic carbocycles. The van der Waals surface area contributed by atoms with Crippen molar-refractivity contribution in [2.24, 2.45) is 0 Å². The molecule has 0 spiro atoms. The third-order valence-electron chi connectivity index (χ3n) is 4.77. The fourth-order valence-corrected chi connectivity index (χ4v) is 2.95. The summed E-state index contributed by atoms with van der Waals surface area (Å²) < 4.78 is 5.33. The summed E-state index contributed by atoms with van der Waals surface area (Å²) in [5, 5.41) is 10.4. The summed E-state index contributed by atoms with van der Waals surface area (Å²) in [5.74, 6) is 1.18. The molecule has 1 amide bonds. The van der Waals surface area contributed by atoms with E-state index >= 15 is 0 Å². The van der Waals surface area contributed by atoms with E-state index in [0.717, 1.165) is 38.0 Å². The van der Waals surface area contributed by atoms with E-state index in [9.17, 15) is 4.79 Å². The second-order valence-electron chi connectivity index (χ2n) is 6.89. The van der Waals surface area contributed by atoms with Gasteiger partial charge in [0.05, 0.1) is 6.04 Å². The van der Waals surface area contributed by atoms with E-state index in [1.165, 1.54) is 0 Å². The van der Waals surface area contributed by atoms with Crippen molar-refractivity contribution in [2.45, 2.75) is 24.9 Å². The monoisotopic (exact) mass is 389 g/mol. The molecule has 4 rings (SSSR count). The summed E-state index contributed by atoms with van der Waals surface area (Å²) in [4.78, 5) is 18.7. The number of benzene rings is 1. The Morgan fingerprint density at radius 2 is 2.07 bits per heavy atom. The number of nitrogens with one attached hydrogen (secondary N) is 2. The molecule has 1 unspecified atom stereocenters. The van der Waals surface area contributed by atoms with Gasteiger partial charge in [0.25, 0.3) is 11.8 Å². The fourth-order valence-electron chi connectivity index (χ4n) is 2.95. The van der Waals surface area contributed by atoms with Crippen molar-refractivity contribution < 1.29 is 9.32 Å². The van der Waals surface area contributed by atoms with Crippen molar-refractivity contribution in [1.29, 1.82) is 0 Å². The zero-order chi connectivity index (χ0) is 17.9. The van der Waals surface area contributed by atoms with Crippen LogP contribution in [0.15, 0.2) is 28.8 Å². The van der Waals surface area contributed by atoms with Gasteiger partial charge in [-0.15, -0.1) is 12.4 Å². The van der Waals surface area contributed by atoms with Crippen LogP contribution in [0.5, 0.6) is 0 Å². The fraction of sp³-hybridized carbons (Fsp3) is 0.421. The van der Waals surface area contributed by atoms with E-state index in [0.29, 0.717) is 23.3 Å². The highest BCUT2D eigenvalue weighted by atomic mass is 35.5. The summed E-state index contributed by atoms with van der Waals surface area (Å²) in [6.07, 6.45) is 5.88. The normalized spacial score (nSPS) is 20.4. The first-order valence-electron chi connectivity index (χ1n) is 9.02. The predicted molar refractivity (Wildman–Crippen MR) is 106 cm³/mol. The molecule has 27 heavy (non-hydrogen) atoms. The van der Waals surface area contributed by atoms with Crippen LogP contribution in [-0.2, 0) is 0 Å². The average Bonchev–Trinajstić information content (AvgIpc) is 3.35. The highest BCUT2D eigenvalue weighted by molar-refractivity contribution is 5.94. The number of rotatable bonds is 5. The molecule has 1 aliphatic heterocycles. The van der Waals surface area contributed by atoms with E-state index in [2.05, 4.69) is 32.7 Å². The second-order valence-corrected chi connectivity index (χ2v) is 6.89. The minimum absolute atomic E-state index is 0. The number of halogens is 1. The zero-order valence-corrected chi connectivity index (χ0v) is 16.0. The van der Waals surface area contributed by atoms with Crippen molar-refractivity contribution in [3.63, 3.8) is 0 Å². The first kappa shape index (κ1) is 19.5. The Hall–Kier alpha value is -2.22. The van der Waals surface area contributed by atoms with Gasteiger partial charge in [-0.25, -0.2) is 0 Å². The van der Waals surface area contributed by atoms with Gasteiger partial charge in [-0.05, 0) is 43.7 Å². The maximum atomic E-state index is 12.0. The molecule has 8 heteroatoms. The molecule has 1 saturated carbocycles. The van der Waals surface area contributed by atoms with Crippen molar-refractivity contribution >= 4 is 30.5 Å². The number of carbonyl (C=O) groups excluding carboxylic acids is 1. The van der Waals surface area contributed by atoms with Crippen LogP contribution < -0.4 is 10.6 Å². The number of aromatic nitrogens is 2. The van der Waals surface area contributed by atoms with Gasteiger partial charge in [0.15, 0.2) is 5.82 Å². The minimum atomic E-state index is -0.00483. The molecule has 0 radical (unpaired) electrons. The van der Waals surface area contributed by atoms with E-state index in [1.54, 1.807) is 6.08 Å². The zero-order valence-electron chi connectivity index (χ0n) is 15.2. The van der Waals surface area contributed by atoms with Gasteiger partial charge in [0, 0.05) is 37.3 Å². The quantitative estimate of drug-likeness (QED) is 0.815. The third-order valence-corrected chi connectivity index (χ3v) is 4.77. The maximum Gasteiger partial charge on any atom is 0.251 e. The summed E-state index contributed by atoms with van der Waals surface area (Å²) in [7, 11) is 2.07. The van der Waals surface area contributed by atoms with Gasteiger partial charge in [-0.3, -0.25) is 9.69 Å². The van der Waals surface area contributed by atoms with Crippen molar-refractivity contribution in [3.05, 3.63) is 47.1 Å². The largest absolute Gasteiger partial charge is 0.349 e. The average molecular weight is 390 g/mol. The lowest BCUT2D eigenvalue weighted by Crippen LogP contribution is -2.44. The molecule has 1 atom stereocenters. The Kier molecular flexibility index (Phi) is 6.26. The molecule has 7 nitrogen and oxygen atoms in total. The molecule has 2 aromatic rings. The van der Waals surface area contributed by atoms with Crippen LogP contribution in [0.4, 0.5) is 0 Å². The second kappa shape index (κ2) is 8.65. The van der Waals surface area contributed by atoms with Gasteiger partial charge in [-0.1, -0.05) is 17.3 Å². The summed E-state index contributed by atoms with van der Waals surface area (Å²) in [6.45, 7) is 2.76. The maximum absolute atomic E-state index is 12.0. The summed E-state index contributed by atoms with van der Waals surface area (Å²) in [6, 6.07) is 7.99. The van der Waals surface area contributed by atoms with Crippen LogP contribution in [0.25, 0.3) is 12.2 Å². The number of hydrogen-bond acceptors (Lipinski definition) is 6. The molecular weight excluding hydrogens is 366 g/mol. The number of carbonyl (C=O) groups is 1. The SMILES string of the molecule is CN1CCNCC1c1noc(/C=C/c2ccc(C(=O)NC3CC3)cc2)n1.Cl. The smallest absolute Gasteiger partial charge is 0.251 e. The molecule has 2 heterocycles. The third kappa shape index (κ3) is 4.94. The Bertz CT molecular complexity index is 801. The number of amides is 1. The van der Waals surface area contributed by atoms with Gasteiger partial charge < -0.3 is 15.2 Å². The molecular formula is C19H24ClN5O2. The van der Waals surface area contributed by atoms with Crippen LogP contribution in [0.1, 0.15) is 46.5 Å². The Balaban J connectivity index is 0.00000210. The lowest BCUT2D eigenvalue weighted by atomic mass is 10.1. The molecule has 0 bridgehead atoms. The molecule has 1 aromatic heterocycles. The highest BCUT2D eigenvalue weighted by Gasteiger charge is 2.25. The number of hydrogen-bond donors (Lipinski definition) is 2. The first-order valence-corrected chi connectivity index (χ1v) is 9.02. The summed E-state index contributed by atoms with van der Waals surface area (Å²) in [5.41, 5.74) is 1.66. The Labute approximate surface area is 164 Å². The van der Waals surface area contributed by atoms with E-state index in [-0.39, 0.29) is 24.4 Å². The Morgan fingerprint density at radius 3 is 2.78 bits per heavy atom. The van der Waals surface area contributed by atoms with Crippen molar-refractivity contribution in [3.8, 4) is 0 Å². The van der Waals surface area contributed by atoms with Crippen molar-refractivity contribution in [2.75, 3.05) is 26.7 Å². The first-order chi connectivity index (χ1) is 12.7. The van der Waals surface area contributed by atoms with Crippen LogP contribution in [0, 0.1) is 0 Å². The predicted octanol–water partition coefficient (Wildman–Crippen LogP) is 2.13. The molecule has 144 valence electrons. The van der Waals surface area contributed by atoms with E-state index in [1.807, 2.05) is 30.3 Å². The molecule has 1 aromatic carbocycles. The van der Waals surface area contributed by atoms with Crippen LogP contribution in [0.3, 0.4) is 0 Å². The topological polar surface area (TPSA) is 83.3 Å².